The van der Waals surface area contributed by atoms with Gasteiger partial charge in [-0.3, -0.25) is 4.98 Å². The zero-order chi connectivity index (χ0) is 19.1. The summed E-state index contributed by atoms with van der Waals surface area (Å²) in [6.07, 6.45) is 3.61. The zero-order valence-electron chi connectivity index (χ0n) is 16.1. The van der Waals surface area contributed by atoms with Crippen LogP contribution in [0.5, 0.6) is 0 Å². The topological polar surface area (TPSA) is 66.0 Å². The molecular weight excluding hydrogens is 336 g/mol. The molecule has 0 aliphatic carbocycles. The van der Waals surface area contributed by atoms with E-state index in [4.69, 9.17) is 0 Å². The van der Waals surface area contributed by atoms with Crippen LogP contribution in [-0.2, 0) is 6.54 Å². The van der Waals surface area contributed by atoms with Gasteiger partial charge in [-0.2, -0.15) is 0 Å². The zero-order valence-corrected chi connectivity index (χ0v) is 16.1. The number of aromatic nitrogens is 3. The van der Waals surface area contributed by atoms with E-state index in [0.29, 0.717) is 12.4 Å². The van der Waals surface area contributed by atoms with Crippen LogP contribution in [0.1, 0.15) is 25.2 Å². The second kappa shape index (κ2) is 8.98. The second-order valence-electron chi connectivity index (χ2n) is 6.24. The third kappa shape index (κ3) is 5.17. The Balaban J connectivity index is 1.68. The van der Waals surface area contributed by atoms with Gasteiger partial charge in [0.1, 0.15) is 17.5 Å². The van der Waals surface area contributed by atoms with Gasteiger partial charge in [-0.25, -0.2) is 9.97 Å². The largest absolute Gasteiger partial charge is 0.372 e. The lowest BCUT2D eigenvalue weighted by Gasteiger charge is -2.21. The number of nitrogens with zero attached hydrogens (tertiary/aromatic N) is 4. The van der Waals surface area contributed by atoms with E-state index in [9.17, 15) is 0 Å². The number of hydrogen-bond acceptors (Lipinski definition) is 6. The van der Waals surface area contributed by atoms with Crippen molar-refractivity contribution in [2.75, 3.05) is 28.6 Å². The molecule has 6 nitrogen and oxygen atoms in total. The number of benzene rings is 1. The van der Waals surface area contributed by atoms with E-state index >= 15 is 0 Å². The van der Waals surface area contributed by atoms with Crippen molar-refractivity contribution in [2.24, 2.45) is 0 Å². The molecule has 2 heterocycles. The molecule has 3 rings (SSSR count). The van der Waals surface area contributed by atoms with Crippen LogP contribution < -0.4 is 15.5 Å². The molecule has 0 atom stereocenters. The smallest absolute Gasteiger partial charge is 0.136 e. The molecule has 0 unspecified atom stereocenters. The predicted octanol–water partition coefficient (Wildman–Crippen LogP) is 4.38. The Labute approximate surface area is 160 Å². The van der Waals surface area contributed by atoms with Crippen LogP contribution in [0.2, 0.25) is 0 Å². The Morgan fingerprint density at radius 3 is 2.37 bits per heavy atom. The first kappa shape index (κ1) is 18.6. The first-order chi connectivity index (χ1) is 13.2. The van der Waals surface area contributed by atoms with Gasteiger partial charge in [0.2, 0.25) is 0 Å². The minimum atomic E-state index is 0.669. The average Bonchev–Trinajstić information content (AvgIpc) is 2.69. The quantitative estimate of drug-likeness (QED) is 0.620. The van der Waals surface area contributed by atoms with Crippen molar-refractivity contribution >= 4 is 23.0 Å². The number of aryl methyl sites for hydroxylation is 1. The molecule has 1 aromatic carbocycles. The molecule has 2 aromatic heterocycles. The lowest BCUT2D eigenvalue weighted by molar-refractivity contribution is 0.866. The first-order valence-corrected chi connectivity index (χ1v) is 9.28. The number of rotatable bonds is 8. The summed E-state index contributed by atoms with van der Waals surface area (Å²) in [5.41, 5.74) is 3.33. The molecular formula is C21H26N6. The van der Waals surface area contributed by atoms with E-state index in [1.807, 2.05) is 31.3 Å². The maximum Gasteiger partial charge on any atom is 0.136 e. The third-order valence-electron chi connectivity index (χ3n) is 4.30. The molecule has 6 heteroatoms. The summed E-state index contributed by atoms with van der Waals surface area (Å²) in [6.45, 7) is 8.89. The summed E-state index contributed by atoms with van der Waals surface area (Å²) >= 11 is 0. The SMILES string of the molecule is CCN(CC)c1ccc(Nc2cc(NCc3cccnc3)nc(C)n2)cc1. The third-order valence-corrected chi connectivity index (χ3v) is 4.30. The summed E-state index contributed by atoms with van der Waals surface area (Å²) in [5, 5.41) is 6.69. The molecule has 0 bridgehead atoms. The molecule has 140 valence electrons. The highest BCUT2D eigenvalue weighted by Crippen LogP contribution is 2.21. The number of hydrogen-bond donors (Lipinski definition) is 2. The molecule has 0 saturated heterocycles. The van der Waals surface area contributed by atoms with Crippen molar-refractivity contribution in [1.29, 1.82) is 0 Å². The van der Waals surface area contributed by atoms with Gasteiger partial charge < -0.3 is 15.5 Å². The number of pyridine rings is 1. The Bertz CT molecular complexity index is 844. The highest BCUT2D eigenvalue weighted by atomic mass is 15.1. The van der Waals surface area contributed by atoms with E-state index in [2.05, 4.69) is 68.6 Å². The highest BCUT2D eigenvalue weighted by Gasteiger charge is 2.05. The molecule has 0 fully saturated rings. The van der Waals surface area contributed by atoms with Crippen LogP contribution in [-0.4, -0.2) is 28.0 Å². The molecule has 0 aliphatic heterocycles. The van der Waals surface area contributed by atoms with Crippen molar-refractivity contribution in [2.45, 2.75) is 27.3 Å². The summed E-state index contributed by atoms with van der Waals surface area (Å²) < 4.78 is 0. The molecule has 0 amide bonds. The van der Waals surface area contributed by atoms with Crippen LogP contribution >= 0.6 is 0 Å². The standard InChI is InChI=1S/C21H26N6/c1-4-27(5-2)19-10-8-18(9-11-19)26-21-13-20(24-16(3)25-21)23-15-17-7-6-12-22-14-17/h6-14H,4-5,15H2,1-3H3,(H2,23,24,25,26). The predicted molar refractivity (Wildman–Crippen MR) is 112 cm³/mol. The fourth-order valence-electron chi connectivity index (χ4n) is 2.91. The lowest BCUT2D eigenvalue weighted by atomic mass is 10.2. The number of nitrogens with one attached hydrogen (secondary N) is 2. The Kier molecular flexibility index (Phi) is 6.20. The summed E-state index contributed by atoms with van der Waals surface area (Å²) in [6, 6.07) is 14.3. The van der Waals surface area contributed by atoms with Gasteiger partial charge >= 0.3 is 0 Å². The molecule has 0 spiro atoms. The summed E-state index contributed by atoms with van der Waals surface area (Å²) in [7, 11) is 0. The first-order valence-electron chi connectivity index (χ1n) is 9.28. The second-order valence-corrected chi connectivity index (χ2v) is 6.24. The van der Waals surface area contributed by atoms with Crippen molar-refractivity contribution in [1.82, 2.24) is 15.0 Å². The normalized spacial score (nSPS) is 10.5. The maximum absolute atomic E-state index is 4.49. The maximum atomic E-state index is 4.49. The van der Waals surface area contributed by atoms with Crippen molar-refractivity contribution in [3.63, 3.8) is 0 Å². The Morgan fingerprint density at radius 2 is 1.70 bits per heavy atom. The minimum absolute atomic E-state index is 0.669. The van der Waals surface area contributed by atoms with Gasteiger partial charge in [0, 0.05) is 49.5 Å². The molecule has 0 aliphatic rings. The summed E-state index contributed by atoms with van der Waals surface area (Å²) in [5.74, 6) is 2.27. The van der Waals surface area contributed by atoms with Crippen molar-refractivity contribution in [3.05, 3.63) is 66.2 Å². The van der Waals surface area contributed by atoms with Crippen molar-refractivity contribution < 1.29 is 0 Å². The fourth-order valence-corrected chi connectivity index (χ4v) is 2.91. The van der Waals surface area contributed by atoms with Gasteiger partial charge in [0.05, 0.1) is 0 Å². The highest BCUT2D eigenvalue weighted by molar-refractivity contribution is 5.62. The molecule has 27 heavy (non-hydrogen) atoms. The van der Waals surface area contributed by atoms with E-state index < -0.39 is 0 Å². The van der Waals surface area contributed by atoms with Crippen LogP contribution in [0.15, 0.2) is 54.9 Å². The van der Waals surface area contributed by atoms with Gasteiger partial charge in [-0.05, 0) is 56.7 Å². The average molecular weight is 362 g/mol. The minimum Gasteiger partial charge on any atom is -0.372 e. The van der Waals surface area contributed by atoms with Crippen LogP contribution in [0.3, 0.4) is 0 Å². The molecule has 2 N–H and O–H groups in total. The fraction of sp³-hybridized carbons (Fsp3) is 0.286. The Hall–Kier alpha value is -3.15. The van der Waals surface area contributed by atoms with Crippen LogP contribution in [0.25, 0.3) is 0 Å². The van der Waals surface area contributed by atoms with Gasteiger partial charge in [0.15, 0.2) is 0 Å². The van der Waals surface area contributed by atoms with Gasteiger partial charge in [-0.1, -0.05) is 6.07 Å². The van der Waals surface area contributed by atoms with E-state index in [1.165, 1.54) is 5.69 Å². The Morgan fingerprint density at radius 1 is 0.963 bits per heavy atom. The molecule has 0 saturated carbocycles. The van der Waals surface area contributed by atoms with E-state index in [-0.39, 0.29) is 0 Å². The van der Waals surface area contributed by atoms with Crippen LogP contribution in [0.4, 0.5) is 23.0 Å². The van der Waals surface area contributed by atoms with E-state index in [0.717, 1.165) is 36.0 Å². The molecule has 3 aromatic rings. The molecule has 0 radical (unpaired) electrons. The van der Waals surface area contributed by atoms with Crippen molar-refractivity contribution in [3.8, 4) is 0 Å². The number of anilines is 4. The van der Waals surface area contributed by atoms with Crippen LogP contribution in [0, 0.1) is 6.92 Å². The monoisotopic (exact) mass is 362 g/mol. The lowest BCUT2D eigenvalue weighted by Crippen LogP contribution is -2.21. The summed E-state index contributed by atoms with van der Waals surface area (Å²) in [4.78, 5) is 15.4. The van der Waals surface area contributed by atoms with E-state index in [1.54, 1.807) is 6.20 Å². The van der Waals surface area contributed by atoms with Gasteiger partial charge in [0.25, 0.3) is 0 Å². The van der Waals surface area contributed by atoms with Gasteiger partial charge in [-0.15, -0.1) is 0 Å².